The van der Waals surface area contributed by atoms with Crippen LogP contribution >= 0.6 is 11.3 Å². The summed E-state index contributed by atoms with van der Waals surface area (Å²) in [5.41, 5.74) is 1.67. The normalized spacial score (nSPS) is 12.0. The van der Waals surface area contributed by atoms with Crippen LogP contribution in [-0.4, -0.2) is 9.97 Å². The molecule has 0 fully saturated rings. The van der Waals surface area contributed by atoms with Gasteiger partial charge in [-0.25, -0.2) is 4.98 Å². The average molecular weight is 357 g/mol. The number of thiazole rings is 1. The molecule has 3 rings (SSSR count). The number of rotatable bonds is 3. The highest BCUT2D eigenvalue weighted by atomic mass is 32.1. The summed E-state index contributed by atoms with van der Waals surface area (Å²) in [5.74, 6) is 0. The molecule has 0 spiro atoms. The summed E-state index contributed by atoms with van der Waals surface area (Å²) >= 11 is 1.30. The summed E-state index contributed by atoms with van der Waals surface area (Å²) in [5, 5.41) is 11.7. The SMILES string of the molecule is N#C/C(=C/c1ccc(C(F)(F)F)cc1)c1nc(-c2ccncc2)cs1. The van der Waals surface area contributed by atoms with Gasteiger partial charge < -0.3 is 0 Å². The van der Waals surface area contributed by atoms with Gasteiger partial charge >= 0.3 is 6.18 Å². The Hall–Kier alpha value is -2.98. The first kappa shape index (κ1) is 16.9. The zero-order valence-corrected chi connectivity index (χ0v) is 13.5. The van der Waals surface area contributed by atoms with Crippen LogP contribution in [0.2, 0.25) is 0 Å². The van der Waals surface area contributed by atoms with E-state index >= 15 is 0 Å². The smallest absolute Gasteiger partial charge is 0.265 e. The Labute approximate surface area is 145 Å². The monoisotopic (exact) mass is 357 g/mol. The van der Waals surface area contributed by atoms with Crippen LogP contribution in [0.1, 0.15) is 16.1 Å². The standard InChI is InChI=1S/C18H10F3N3S/c19-18(20,21)15-3-1-12(2-4-15)9-14(10-22)17-24-16(11-25-17)13-5-7-23-8-6-13/h1-9,11H/b14-9-. The highest BCUT2D eigenvalue weighted by Crippen LogP contribution is 2.30. The second-order valence-corrected chi connectivity index (χ2v) is 5.92. The van der Waals surface area contributed by atoms with E-state index in [2.05, 4.69) is 16.0 Å². The van der Waals surface area contributed by atoms with E-state index in [9.17, 15) is 18.4 Å². The first-order chi connectivity index (χ1) is 12.0. The number of nitriles is 1. The molecule has 0 N–H and O–H groups in total. The molecule has 0 aliphatic heterocycles. The Morgan fingerprint density at radius 1 is 1.08 bits per heavy atom. The van der Waals surface area contributed by atoms with Crippen molar-refractivity contribution in [2.24, 2.45) is 0 Å². The molecule has 0 aliphatic carbocycles. The molecule has 0 radical (unpaired) electrons. The lowest BCUT2D eigenvalue weighted by atomic mass is 10.1. The number of pyridine rings is 1. The first-order valence-electron chi connectivity index (χ1n) is 7.13. The van der Waals surface area contributed by atoms with Crippen LogP contribution in [0.3, 0.4) is 0 Å². The molecule has 2 aromatic heterocycles. The molecular weight excluding hydrogens is 347 g/mol. The molecule has 0 atom stereocenters. The van der Waals surface area contributed by atoms with Gasteiger partial charge in [0.15, 0.2) is 0 Å². The topological polar surface area (TPSA) is 49.6 Å². The predicted octanol–water partition coefficient (Wildman–Crippen LogP) is 5.29. The van der Waals surface area contributed by atoms with Gasteiger partial charge in [-0.05, 0) is 35.9 Å². The van der Waals surface area contributed by atoms with Crippen molar-refractivity contribution in [2.75, 3.05) is 0 Å². The predicted molar refractivity (Wildman–Crippen MR) is 90.3 cm³/mol. The Balaban J connectivity index is 1.89. The Bertz CT molecular complexity index is 936. The molecule has 0 aliphatic rings. The third-order valence-electron chi connectivity index (χ3n) is 3.38. The molecule has 3 nitrogen and oxygen atoms in total. The molecule has 25 heavy (non-hydrogen) atoms. The molecule has 0 bridgehead atoms. The molecule has 2 heterocycles. The minimum absolute atomic E-state index is 0.296. The van der Waals surface area contributed by atoms with Crippen LogP contribution in [-0.2, 0) is 6.18 Å². The lowest BCUT2D eigenvalue weighted by molar-refractivity contribution is -0.137. The van der Waals surface area contributed by atoms with Crippen LogP contribution in [0, 0.1) is 11.3 Å². The Morgan fingerprint density at radius 3 is 2.36 bits per heavy atom. The third-order valence-corrected chi connectivity index (χ3v) is 4.26. The Kier molecular flexibility index (Phi) is 4.63. The molecule has 0 unspecified atom stereocenters. The van der Waals surface area contributed by atoms with Crippen molar-refractivity contribution in [3.05, 3.63) is 70.3 Å². The van der Waals surface area contributed by atoms with Crippen molar-refractivity contribution in [2.45, 2.75) is 6.18 Å². The highest BCUT2D eigenvalue weighted by molar-refractivity contribution is 7.11. The molecule has 124 valence electrons. The summed E-state index contributed by atoms with van der Waals surface area (Å²) < 4.78 is 37.8. The van der Waals surface area contributed by atoms with Crippen molar-refractivity contribution >= 4 is 23.0 Å². The number of halogens is 3. The molecular formula is C18H10F3N3S. The molecule has 0 amide bonds. The fourth-order valence-electron chi connectivity index (χ4n) is 2.13. The number of allylic oxidation sites excluding steroid dienone is 1. The number of benzene rings is 1. The van der Waals surface area contributed by atoms with E-state index in [0.29, 0.717) is 16.1 Å². The Morgan fingerprint density at radius 2 is 1.76 bits per heavy atom. The van der Waals surface area contributed by atoms with Gasteiger partial charge in [0, 0.05) is 23.3 Å². The van der Waals surface area contributed by atoms with Crippen LogP contribution in [0.4, 0.5) is 13.2 Å². The van der Waals surface area contributed by atoms with Gasteiger partial charge in [0.2, 0.25) is 0 Å². The van der Waals surface area contributed by atoms with E-state index < -0.39 is 11.7 Å². The first-order valence-corrected chi connectivity index (χ1v) is 8.01. The van der Waals surface area contributed by atoms with Crippen LogP contribution < -0.4 is 0 Å². The van der Waals surface area contributed by atoms with Gasteiger partial charge in [0.05, 0.1) is 16.8 Å². The molecule has 3 aromatic rings. The summed E-state index contributed by atoms with van der Waals surface area (Å²) in [6.07, 6.45) is 0.444. The van der Waals surface area contributed by atoms with Crippen LogP contribution in [0.25, 0.3) is 22.9 Å². The van der Waals surface area contributed by atoms with E-state index in [4.69, 9.17) is 0 Å². The zero-order chi connectivity index (χ0) is 17.9. The molecule has 0 saturated heterocycles. The van der Waals surface area contributed by atoms with Crippen molar-refractivity contribution in [3.63, 3.8) is 0 Å². The van der Waals surface area contributed by atoms with Gasteiger partial charge in [-0.2, -0.15) is 18.4 Å². The second-order valence-electron chi connectivity index (χ2n) is 5.06. The summed E-state index contributed by atoms with van der Waals surface area (Å²) in [7, 11) is 0. The van der Waals surface area contributed by atoms with E-state index in [1.165, 1.54) is 29.5 Å². The number of nitrogens with zero attached hydrogens (tertiary/aromatic N) is 3. The zero-order valence-electron chi connectivity index (χ0n) is 12.7. The average Bonchev–Trinajstić information content (AvgIpc) is 3.10. The second kappa shape index (κ2) is 6.87. The van der Waals surface area contributed by atoms with Gasteiger partial charge in [0.1, 0.15) is 11.1 Å². The lowest BCUT2D eigenvalue weighted by Crippen LogP contribution is -2.03. The van der Waals surface area contributed by atoms with Gasteiger partial charge in [-0.1, -0.05) is 12.1 Å². The number of hydrogen-bond donors (Lipinski definition) is 0. The van der Waals surface area contributed by atoms with E-state index in [-0.39, 0.29) is 0 Å². The van der Waals surface area contributed by atoms with Crippen molar-refractivity contribution in [1.82, 2.24) is 9.97 Å². The number of hydrogen-bond acceptors (Lipinski definition) is 4. The molecule has 7 heteroatoms. The van der Waals surface area contributed by atoms with Crippen molar-refractivity contribution < 1.29 is 13.2 Å². The van der Waals surface area contributed by atoms with E-state index in [1.807, 2.05) is 17.5 Å². The minimum atomic E-state index is -4.38. The quantitative estimate of drug-likeness (QED) is 0.599. The van der Waals surface area contributed by atoms with Gasteiger partial charge in [-0.15, -0.1) is 11.3 Å². The lowest BCUT2D eigenvalue weighted by Gasteiger charge is -2.06. The summed E-state index contributed by atoms with van der Waals surface area (Å²) in [6.45, 7) is 0. The third kappa shape index (κ3) is 3.92. The fourth-order valence-corrected chi connectivity index (χ4v) is 2.92. The van der Waals surface area contributed by atoms with E-state index in [0.717, 1.165) is 23.4 Å². The fraction of sp³-hybridized carbons (Fsp3) is 0.0556. The number of alkyl halides is 3. The number of aromatic nitrogens is 2. The van der Waals surface area contributed by atoms with E-state index in [1.54, 1.807) is 12.4 Å². The summed E-state index contributed by atoms with van der Waals surface area (Å²) in [6, 6.07) is 10.3. The van der Waals surface area contributed by atoms with Crippen LogP contribution in [0.15, 0.2) is 54.2 Å². The van der Waals surface area contributed by atoms with Crippen molar-refractivity contribution in [1.29, 1.82) is 5.26 Å². The van der Waals surface area contributed by atoms with Gasteiger partial charge in [0.25, 0.3) is 0 Å². The largest absolute Gasteiger partial charge is 0.416 e. The molecule has 0 saturated carbocycles. The highest BCUT2D eigenvalue weighted by Gasteiger charge is 2.29. The maximum absolute atomic E-state index is 12.6. The summed E-state index contributed by atoms with van der Waals surface area (Å²) in [4.78, 5) is 8.37. The van der Waals surface area contributed by atoms with Gasteiger partial charge in [-0.3, -0.25) is 4.98 Å². The van der Waals surface area contributed by atoms with Crippen molar-refractivity contribution in [3.8, 4) is 17.3 Å². The van der Waals surface area contributed by atoms with Crippen LogP contribution in [0.5, 0.6) is 0 Å². The maximum atomic E-state index is 12.6. The molecule has 1 aromatic carbocycles. The minimum Gasteiger partial charge on any atom is -0.265 e. The maximum Gasteiger partial charge on any atom is 0.416 e.